The number of hydrogen-bond acceptors (Lipinski definition) is 2. The van der Waals surface area contributed by atoms with Crippen molar-refractivity contribution < 1.29 is 13.2 Å². The lowest BCUT2D eigenvalue weighted by Gasteiger charge is -2.24. The van der Waals surface area contributed by atoms with Crippen LogP contribution in [0.4, 0.5) is 13.2 Å². The number of hydrogen-bond donors (Lipinski definition) is 0. The summed E-state index contributed by atoms with van der Waals surface area (Å²) in [4.78, 5) is 4.38. The van der Waals surface area contributed by atoms with Gasteiger partial charge in [0.1, 0.15) is 0 Å². The average Bonchev–Trinajstić information content (AvgIpc) is 2.40. The van der Waals surface area contributed by atoms with Crippen LogP contribution in [0.15, 0.2) is 35.4 Å². The molecule has 1 nitrogen and oxygen atoms in total. The van der Waals surface area contributed by atoms with Crippen LogP contribution in [0.2, 0.25) is 0 Å². The van der Waals surface area contributed by atoms with Crippen LogP contribution in [0.3, 0.4) is 0 Å². The van der Waals surface area contributed by atoms with Gasteiger partial charge in [0, 0.05) is 10.8 Å². The van der Waals surface area contributed by atoms with Gasteiger partial charge in [0.05, 0.1) is 10.7 Å². The first-order valence-electron chi connectivity index (χ1n) is 6.42. The number of rotatable bonds is 3. The van der Waals surface area contributed by atoms with E-state index in [9.17, 15) is 13.2 Å². The number of halogens is 3. The van der Waals surface area contributed by atoms with Crippen molar-refractivity contribution in [2.45, 2.75) is 29.5 Å². The lowest BCUT2D eigenvalue weighted by atomic mass is 10.0. The smallest absolute Gasteiger partial charge is 0.194 e. The summed E-state index contributed by atoms with van der Waals surface area (Å²) in [6.45, 7) is 0. The Kier molecular flexibility index (Phi) is 3.70. The van der Waals surface area contributed by atoms with Crippen LogP contribution in [-0.4, -0.2) is 10.2 Å². The average molecular weight is 295 g/mol. The normalized spacial score (nSPS) is 15.2. The van der Waals surface area contributed by atoms with Gasteiger partial charge in [-0.2, -0.15) is 0 Å². The van der Waals surface area contributed by atoms with E-state index in [4.69, 9.17) is 0 Å². The van der Waals surface area contributed by atoms with Gasteiger partial charge < -0.3 is 0 Å². The molecule has 0 aliphatic heterocycles. The molecule has 0 radical (unpaired) electrons. The van der Waals surface area contributed by atoms with E-state index in [0.29, 0.717) is 10.9 Å². The van der Waals surface area contributed by atoms with Gasteiger partial charge in [-0.1, -0.05) is 12.5 Å². The minimum absolute atomic E-state index is 0.248. The monoisotopic (exact) mass is 295 g/mol. The Morgan fingerprint density at radius 1 is 1.05 bits per heavy atom. The summed E-state index contributed by atoms with van der Waals surface area (Å²) in [6.07, 6.45) is 3.60. The van der Waals surface area contributed by atoms with Crippen LogP contribution in [0.1, 0.15) is 19.3 Å². The second-order valence-electron chi connectivity index (χ2n) is 4.79. The molecule has 0 amide bonds. The zero-order valence-electron chi connectivity index (χ0n) is 10.6. The molecular weight excluding hydrogens is 283 g/mol. The maximum atomic E-state index is 13.3. The standard InChI is InChI=1S/C15H12F3NS/c16-11-7-9(8-12(17)15(11)18)13-5-2-6-14(19-13)20-10-3-1-4-10/h2,5-8,10H,1,3-4H2. The zero-order chi connectivity index (χ0) is 14.1. The van der Waals surface area contributed by atoms with Crippen LogP contribution in [0.5, 0.6) is 0 Å². The summed E-state index contributed by atoms with van der Waals surface area (Å²) in [5.41, 5.74) is 0.699. The maximum absolute atomic E-state index is 13.3. The minimum Gasteiger partial charge on any atom is -0.241 e. The predicted molar refractivity (Wildman–Crippen MR) is 73.0 cm³/mol. The van der Waals surface area contributed by atoms with Crippen LogP contribution >= 0.6 is 11.8 Å². The van der Waals surface area contributed by atoms with Gasteiger partial charge in [0.25, 0.3) is 0 Å². The Hall–Kier alpha value is -1.49. The van der Waals surface area contributed by atoms with Gasteiger partial charge in [-0.05, 0) is 37.1 Å². The van der Waals surface area contributed by atoms with E-state index in [0.717, 1.165) is 17.2 Å². The number of nitrogens with zero attached hydrogens (tertiary/aromatic N) is 1. The lowest BCUT2D eigenvalue weighted by Crippen LogP contribution is -2.12. The van der Waals surface area contributed by atoms with Gasteiger partial charge >= 0.3 is 0 Å². The molecule has 1 fully saturated rings. The van der Waals surface area contributed by atoms with E-state index in [1.165, 1.54) is 19.3 Å². The maximum Gasteiger partial charge on any atom is 0.194 e. The molecular formula is C15H12F3NS. The van der Waals surface area contributed by atoms with Crippen molar-refractivity contribution >= 4 is 11.8 Å². The summed E-state index contributed by atoms with van der Waals surface area (Å²) in [6, 6.07) is 7.28. The molecule has 0 unspecified atom stereocenters. The summed E-state index contributed by atoms with van der Waals surface area (Å²) in [5, 5.41) is 1.41. The molecule has 1 aliphatic rings. The largest absolute Gasteiger partial charge is 0.241 e. The van der Waals surface area contributed by atoms with E-state index in [1.54, 1.807) is 23.9 Å². The fourth-order valence-corrected chi connectivity index (χ4v) is 3.22. The quantitative estimate of drug-likeness (QED) is 0.754. The topological polar surface area (TPSA) is 12.9 Å². The van der Waals surface area contributed by atoms with E-state index in [2.05, 4.69) is 4.98 Å². The molecule has 1 aromatic carbocycles. The van der Waals surface area contributed by atoms with Gasteiger partial charge in [0.15, 0.2) is 17.5 Å². The fraction of sp³-hybridized carbons (Fsp3) is 0.267. The van der Waals surface area contributed by atoms with Crippen molar-refractivity contribution in [1.29, 1.82) is 0 Å². The fourth-order valence-electron chi connectivity index (χ4n) is 2.00. The van der Waals surface area contributed by atoms with Gasteiger partial charge in [-0.25, -0.2) is 18.2 Å². The van der Waals surface area contributed by atoms with Crippen molar-refractivity contribution in [2.75, 3.05) is 0 Å². The predicted octanol–water partition coefficient (Wildman–Crippen LogP) is 4.81. The summed E-state index contributed by atoms with van der Waals surface area (Å²) in [5.74, 6) is -3.84. The molecule has 1 saturated carbocycles. The Bertz CT molecular complexity index is 618. The van der Waals surface area contributed by atoms with Gasteiger partial charge in [-0.3, -0.25) is 0 Å². The third kappa shape index (κ3) is 2.68. The molecule has 0 spiro atoms. The van der Waals surface area contributed by atoms with Crippen molar-refractivity contribution in [3.05, 3.63) is 47.8 Å². The molecule has 104 valence electrons. The van der Waals surface area contributed by atoms with E-state index in [1.807, 2.05) is 6.07 Å². The second kappa shape index (κ2) is 5.48. The molecule has 20 heavy (non-hydrogen) atoms. The Morgan fingerprint density at radius 2 is 1.75 bits per heavy atom. The highest BCUT2D eigenvalue weighted by atomic mass is 32.2. The van der Waals surface area contributed by atoms with Gasteiger partial charge in [0.2, 0.25) is 0 Å². The highest BCUT2D eigenvalue weighted by Gasteiger charge is 2.19. The van der Waals surface area contributed by atoms with Crippen molar-refractivity contribution in [3.63, 3.8) is 0 Å². The SMILES string of the molecule is Fc1cc(-c2cccc(SC3CCC3)n2)cc(F)c1F. The van der Waals surface area contributed by atoms with Gasteiger partial charge in [-0.15, -0.1) is 11.8 Å². The Balaban J connectivity index is 1.91. The van der Waals surface area contributed by atoms with Crippen molar-refractivity contribution in [1.82, 2.24) is 4.98 Å². The highest BCUT2D eigenvalue weighted by Crippen LogP contribution is 2.36. The van der Waals surface area contributed by atoms with E-state index >= 15 is 0 Å². The first-order valence-corrected chi connectivity index (χ1v) is 7.30. The Morgan fingerprint density at radius 3 is 2.35 bits per heavy atom. The molecule has 1 aromatic heterocycles. The third-order valence-electron chi connectivity index (χ3n) is 3.34. The second-order valence-corrected chi connectivity index (χ2v) is 6.11. The first kappa shape index (κ1) is 13.5. The first-order chi connectivity index (χ1) is 9.63. The molecule has 0 saturated heterocycles. The van der Waals surface area contributed by atoms with Crippen LogP contribution in [0.25, 0.3) is 11.3 Å². The minimum atomic E-state index is -1.45. The molecule has 1 heterocycles. The molecule has 0 bridgehead atoms. The molecule has 0 N–H and O–H groups in total. The van der Waals surface area contributed by atoms with E-state index < -0.39 is 17.5 Å². The van der Waals surface area contributed by atoms with Crippen LogP contribution in [0, 0.1) is 17.5 Å². The molecule has 5 heteroatoms. The molecule has 1 aliphatic carbocycles. The molecule has 3 rings (SSSR count). The summed E-state index contributed by atoms with van der Waals surface area (Å²) >= 11 is 1.68. The molecule has 2 aromatic rings. The number of pyridine rings is 1. The number of benzene rings is 1. The van der Waals surface area contributed by atoms with Crippen LogP contribution in [-0.2, 0) is 0 Å². The highest BCUT2D eigenvalue weighted by molar-refractivity contribution is 7.99. The van der Waals surface area contributed by atoms with Crippen molar-refractivity contribution in [2.24, 2.45) is 0 Å². The summed E-state index contributed by atoms with van der Waals surface area (Å²) in [7, 11) is 0. The lowest BCUT2D eigenvalue weighted by molar-refractivity contribution is 0.447. The third-order valence-corrected chi connectivity index (χ3v) is 4.62. The number of aromatic nitrogens is 1. The summed E-state index contributed by atoms with van der Waals surface area (Å²) < 4.78 is 39.5. The zero-order valence-corrected chi connectivity index (χ0v) is 11.4. The molecule has 0 atom stereocenters. The number of thioether (sulfide) groups is 1. The Labute approximate surface area is 119 Å². The van der Waals surface area contributed by atoms with Crippen molar-refractivity contribution in [3.8, 4) is 11.3 Å². The van der Waals surface area contributed by atoms with Crippen LogP contribution < -0.4 is 0 Å². The van der Waals surface area contributed by atoms with E-state index in [-0.39, 0.29) is 5.56 Å².